The molecule has 1 fully saturated rings. The highest BCUT2D eigenvalue weighted by molar-refractivity contribution is 5.75. The van der Waals surface area contributed by atoms with Gasteiger partial charge >= 0.3 is 5.97 Å². The van der Waals surface area contributed by atoms with Crippen LogP contribution in [0.2, 0.25) is 0 Å². The molecule has 0 radical (unpaired) electrons. The summed E-state index contributed by atoms with van der Waals surface area (Å²) in [7, 11) is 0. The van der Waals surface area contributed by atoms with E-state index < -0.39 is 11.4 Å². The van der Waals surface area contributed by atoms with Gasteiger partial charge in [0.2, 0.25) is 0 Å². The lowest BCUT2D eigenvalue weighted by molar-refractivity contribution is -0.150. The minimum atomic E-state index is -0.746. The van der Waals surface area contributed by atoms with Crippen molar-refractivity contribution in [3.8, 4) is 0 Å². The number of carbonyl (C=O) groups is 1. The molecule has 0 aromatic rings. The highest BCUT2D eigenvalue weighted by atomic mass is 16.4. The fourth-order valence-corrected chi connectivity index (χ4v) is 1.63. The van der Waals surface area contributed by atoms with Crippen LogP contribution in [-0.4, -0.2) is 17.1 Å². The molecule has 0 saturated heterocycles. The summed E-state index contributed by atoms with van der Waals surface area (Å²) < 4.78 is 0. The zero-order chi connectivity index (χ0) is 8.48. The summed E-state index contributed by atoms with van der Waals surface area (Å²) >= 11 is 0. The second-order valence-electron chi connectivity index (χ2n) is 3.57. The Morgan fingerprint density at radius 1 is 1.64 bits per heavy atom. The Balaban J connectivity index is 2.72. The molecule has 0 heterocycles. The third-order valence-electron chi connectivity index (χ3n) is 2.77. The average Bonchev–Trinajstić information content (AvgIpc) is 1.95. The van der Waals surface area contributed by atoms with Crippen LogP contribution in [0.25, 0.3) is 0 Å². The van der Waals surface area contributed by atoms with Crippen molar-refractivity contribution in [3.05, 3.63) is 0 Å². The molecular formula is C8H15NO2. The molecule has 0 unspecified atom stereocenters. The first-order chi connectivity index (χ1) is 5.07. The Morgan fingerprint density at radius 3 is 2.64 bits per heavy atom. The Hall–Kier alpha value is -0.570. The molecule has 1 aliphatic carbocycles. The van der Waals surface area contributed by atoms with Crippen LogP contribution >= 0.6 is 0 Å². The van der Waals surface area contributed by atoms with Crippen molar-refractivity contribution in [1.29, 1.82) is 0 Å². The summed E-state index contributed by atoms with van der Waals surface area (Å²) in [5.74, 6) is -0.746. The molecule has 2 atom stereocenters. The average molecular weight is 157 g/mol. The van der Waals surface area contributed by atoms with E-state index in [9.17, 15) is 4.79 Å². The number of rotatable bonds is 1. The van der Waals surface area contributed by atoms with Crippen LogP contribution in [0.4, 0.5) is 0 Å². The van der Waals surface area contributed by atoms with E-state index in [-0.39, 0.29) is 6.04 Å². The molecule has 0 aliphatic heterocycles. The molecule has 1 aliphatic rings. The summed E-state index contributed by atoms with van der Waals surface area (Å²) in [6.07, 6.45) is 3.65. The number of hydrogen-bond donors (Lipinski definition) is 2. The minimum absolute atomic E-state index is 0.159. The molecule has 3 N–H and O–H groups in total. The molecular weight excluding hydrogens is 142 g/mol. The van der Waals surface area contributed by atoms with Gasteiger partial charge in [-0.05, 0) is 19.8 Å². The zero-order valence-electron chi connectivity index (χ0n) is 6.84. The van der Waals surface area contributed by atoms with Gasteiger partial charge in [0.1, 0.15) is 0 Å². The largest absolute Gasteiger partial charge is 0.481 e. The predicted molar refractivity (Wildman–Crippen MR) is 42.2 cm³/mol. The Morgan fingerprint density at radius 2 is 2.27 bits per heavy atom. The summed E-state index contributed by atoms with van der Waals surface area (Å²) in [5.41, 5.74) is 5.06. The van der Waals surface area contributed by atoms with Crippen molar-refractivity contribution >= 4 is 5.97 Å². The van der Waals surface area contributed by atoms with Gasteiger partial charge in [-0.2, -0.15) is 0 Å². The number of aliphatic carboxylic acids is 1. The Bertz CT molecular complexity index is 169. The lowest BCUT2D eigenvalue weighted by atomic mass is 9.72. The highest BCUT2D eigenvalue weighted by Gasteiger charge is 2.40. The van der Waals surface area contributed by atoms with E-state index in [1.54, 1.807) is 6.92 Å². The molecule has 11 heavy (non-hydrogen) atoms. The quantitative estimate of drug-likeness (QED) is 0.596. The van der Waals surface area contributed by atoms with Gasteiger partial charge in [0.05, 0.1) is 5.41 Å². The minimum Gasteiger partial charge on any atom is -0.481 e. The molecule has 0 amide bonds. The molecule has 3 heteroatoms. The summed E-state index contributed by atoms with van der Waals surface area (Å²) in [5, 5.41) is 8.89. The van der Waals surface area contributed by atoms with E-state index in [1.807, 2.05) is 0 Å². The van der Waals surface area contributed by atoms with Gasteiger partial charge in [-0.1, -0.05) is 12.8 Å². The third-order valence-corrected chi connectivity index (χ3v) is 2.77. The van der Waals surface area contributed by atoms with Crippen LogP contribution in [0, 0.1) is 5.41 Å². The highest BCUT2D eigenvalue weighted by Crippen LogP contribution is 2.34. The van der Waals surface area contributed by atoms with Gasteiger partial charge in [-0.15, -0.1) is 0 Å². The van der Waals surface area contributed by atoms with Crippen LogP contribution in [0.1, 0.15) is 32.6 Å². The van der Waals surface area contributed by atoms with Gasteiger partial charge in [0.25, 0.3) is 0 Å². The van der Waals surface area contributed by atoms with Crippen LogP contribution < -0.4 is 5.73 Å². The first-order valence-electron chi connectivity index (χ1n) is 4.06. The van der Waals surface area contributed by atoms with E-state index >= 15 is 0 Å². The van der Waals surface area contributed by atoms with Crippen LogP contribution in [-0.2, 0) is 4.79 Å². The molecule has 0 bridgehead atoms. The van der Waals surface area contributed by atoms with Crippen molar-refractivity contribution in [2.24, 2.45) is 11.1 Å². The number of hydrogen-bond acceptors (Lipinski definition) is 2. The van der Waals surface area contributed by atoms with Gasteiger partial charge in [0.15, 0.2) is 0 Å². The van der Waals surface area contributed by atoms with E-state index in [1.165, 1.54) is 0 Å². The SMILES string of the molecule is C[C@]1(C(=O)O)CCCC[C@H]1N. The fraction of sp³-hybridized carbons (Fsp3) is 0.875. The van der Waals surface area contributed by atoms with Gasteiger partial charge < -0.3 is 10.8 Å². The maximum atomic E-state index is 10.8. The summed E-state index contributed by atoms with van der Waals surface area (Å²) in [6.45, 7) is 1.75. The van der Waals surface area contributed by atoms with Gasteiger partial charge in [-0.3, -0.25) is 4.79 Å². The van der Waals surface area contributed by atoms with E-state index in [2.05, 4.69) is 0 Å². The van der Waals surface area contributed by atoms with E-state index in [0.29, 0.717) is 0 Å². The van der Waals surface area contributed by atoms with Gasteiger partial charge in [0, 0.05) is 6.04 Å². The van der Waals surface area contributed by atoms with Crippen molar-refractivity contribution in [2.75, 3.05) is 0 Å². The maximum absolute atomic E-state index is 10.8. The first-order valence-corrected chi connectivity index (χ1v) is 4.06. The van der Waals surface area contributed by atoms with Crippen molar-refractivity contribution < 1.29 is 9.90 Å². The second-order valence-corrected chi connectivity index (χ2v) is 3.57. The van der Waals surface area contributed by atoms with Crippen LogP contribution in [0.3, 0.4) is 0 Å². The van der Waals surface area contributed by atoms with Crippen molar-refractivity contribution in [3.63, 3.8) is 0 Å². The lowest BCUT2D eigenvalue weighted by Gasteiger charge is -2.35. The zero-order valence-corrected chi connectivity index (χ0v) is 6.84. The Labute approximate surface area is 66.6 Å². The standard InChI is InChI=1S/C8H15NO2/c1-8(7(10)11)5-3-2-4-6(8)9/h6H,2-5,9H2,1H3,(H,10,11)/t6-,8+/m1/s1. The van der Waals surface area contributed by atoms with Crippen LogP contribution in [0.5, 0.6) is 0 Å². The second kappa shape index (κ2) is 2.81. The number of carboxylic acids is 1. The maximum Gasteiger partial charge on any atom is 0.310 e. The van der Waals surface area contributed by atoms with Crippen LogP contribution in [0.15, 0.2) is 0 Å². The fourth-order valence-electron chi connectivity index (χ4n) is 1.63. The van der Waals surface area contributed by atoms with Crippen molar-refractivity contribution in [1.82, 2.24) is 0 Å². The monoisotopic (exact) mass is 157 g/mol. The normalized spacial score (nSPS) is 38.5. The molecule has 0 aromatic heterocycles. The molecule has 0 aromatic carbocycles. The Kier molecular flexibility index (Phi) is 2.18. The van der Waals surface area contributed by atoms with Crippen molar-refractivity contribution in [2.45, 2.75) is 38.6 Å². The number of carboxylic acid groups (broad SMARTS) is 1. The summed E-state index contributed by atoms with van der Waals surface area (Å²) in [6, 6.07) is -0.159. The van der Waals surface area contributed by atoms with Gasteiger partial charge in [-0.25, -0.2) is 0 Å². The van der Waals surface area contributed by atoms with E-state index in [4.69, 9.17) is 10.8 Å². The lowest BCUT2D eigenvalue weighted by Crippen LogP contribution is -2.47. The smallest absolute Gasteiger partial charge is 0.310 e. The molecule has 0 spiro atoms. The molecule has 3 nitrogen and oxygen atoms in total. The topological polar surface area (TPSA) is 63.3 Å². The first kappa shape index (κ1) is 8.53. The molecule has 1 rings (SSSR count). The summed E-state index contributed by atoms with van der Waals surface area (Å²) in [4.78, 5) is 10.8. The predicted octanol–water partition coefficient (Wildman–Crippen LogP) is 0.979. The number of nitrogens with two attached hydrogens (primary N) is 1. The van der Waals surface area contributed by atoms with E-state index in [0.717, 1.165) is 25.7 Å². The molecule has 64 valence electrons. The molecule has 1 saturated carbocycles. The third kappa shape index (κ3) is 1.38.